The highest BCUT2D eigenvalue weighted by Crippen LogP contribution is 2.31. The molecule has 6 nitrogen and oxygen atoms in total. The van der Waals surface area contributed by atoms with E-state index >= 15 is 0 Å². The Labute approximate surface area is 125 Å². The summed E-state index contributed by atoms with van der Waals surface area (Å²) in [6, 6.07) is 3.88. The van der Waals surface area contributed by atoms with Crippen LogP contribution in [0.3, 0.4) is 0 Å². The fourth-order valence-corrected chi connectivity index (χ4v) is 2.38. The third-order valence-corrected chi connectivity index (χ3v) is 3.32. The van der Waals surface area contributed by atoms with Gasteiger partial charge in [-0.1, -0.05) is 0 Å². The van der Waals surface area contributed by atoms with Crippen LogP contribution in [0.1, 0.15) is 0 Å². The number of nitrogens with zero attached hydrogens (tertiary/aromatic N) is 2. The van der Waals surface area contributed by atoms with Crippen molar-refractivity contribution >= 4 is 17.3 Å². The first-order valence-corrected chi connectivity index (χ1v) is 6.65. The predicted octanol–water partition coefficient (Wildman–Crippen LogP) is 0.775. The van der Waals surface area contributed by atoms with Crippen LogP contribution < -0.4 is 21.1 Å². The van der Waals surface area contributed by atoms with Gasteiger partial charge >= 0.3 is 6.36 Å². The number of ether oxygens (including phenoxy) is 1. The Kier molecular flexibility index (Phi) is 4.65. The van der Waals surface area contributed by atoms with E-state index in [-0.39, 0.29) is 23.9 Å². The molecule has 1 fully saturated rings. The van der Waals surface area contributed by atoms with Crippen LogP contribution in [-0.2, 0) is 4.79 Å². The SMILES string of the molecule is NC(=O)CN1CCN(c2ccc(OC(F)(F)F)cc2N)CC1. The van der Waals surface area contributed by atoms with Crippen molar-refractivity contribution in [2.45, 2.75) is 6.36 Å². The largest absolute Gasteiger partial charge is 0.573 e. The van der Waals surface area contributed by atoms with Crippen molar-refractivity contribution < 1.29 is 22.7 Å². The van der Waals surface area contributed by atoms with E-state index in [4.69, 9.17) is 11.5 Å². The summed E-state index contributed by atoms with van der Waals surface area (Å²) in [6.07, 6.45) is -4.74. The average molecular weight is 318 g/mol. The van der Waals surface area contributed by atoms with Gasteiger partial charge in [0.25, 0.3) is 0 Å². The maximum atomic E-state index is 12.2. The van der Waals surface area contributed by atoms with Crippen LogP contribution in [0.4, 0.5) is 24.5 Å². The van der Waals surface area contributed by atoms with Crippen LogP contribution in [0.15, 0.2) is 18.2 Å². The molecule has 4 N–H and O–H groups in total. The average Bonchev–Trinajstić information content (AvgIpc) is 2.37. The molecule has 9 heteroatoms. The van der Waals surface area contributed by atoms with Crippen molar-refractivity contribution in [2.75, 3.05) is 43.4 Å². The van der Waals surface area contributed by atoms with Crippen molar-refractivity contribution in [1.82, 2.24) is 4.90 Å². The van der Waals surface area contributed by atoms with E-state index in [0.717, 1.165) is 6.07 Å². The summed E-state index contributed by atoms with van der Waals surface area (Å²) in [6.45, 7) is 2.67. The predicted molar refractivity (Wildman–Crippen MR) is 75.4 cm³/mol. The Morgan fingerprint density at radius 2 is 1.86 bits per heavy atom. The summed E-state index contributed by atoms with van der Waals surface area (Å²) >= 11 is 0. The van der Waals surface area contributed by atoms with Crippen molar-refractivity contribution in [3.8, 4) is 5.75 Å². The van der Waals surface area contributed by atoms with Crippen LogP contribution in [-0.4, -0.2) is 49.9 Å². The molecule has 1 aromatic carbocycles. The van der Waals surface area contributed by atoms with Crippen LogP contribution in [0, 0.1) is 0 Å². The van der Waals surface area contributed by atoms with Gasteiger partial charge in [-0.05, 0) is 12.1 Å². The van der Waals surface area contributed by atoms with Gasteiger partial charge in [-0.15, -0.1) is 13.2 Å². The van der Waals surface area contributed by atoms with Gasteiger partial charge in [0.05, 0.1) is 17.9 Å². The van der Waals surface area contributed by atoms with E-state index in [9.17, 15) is 18.0 Å². The Balaban J connectivity index is 2.00. The number of piperazine rings is 1. The summed E-state index contributed by atoms with van der Waals surface area (Å²) < 4.78 is 40.3. The fraction of sp³-hybridized carbons (Fsp3) is 0.462. The van der Waals surface area contributed by atoms with Gasteiger partial charge in [-0.2, -0.15) is 0 Å². The summed E-state index contributed by atoms with van der Waals surface area (Å²) in [5.74, 6) is -0.734. The number of rotatable bonds is 4. The molecular weight excluding hydrogens is 301 g/mol. The van der Waals surface area contributed by atoms with Gasteiger partial charge in [0.1, 0.15) is 5.75 Å². The van der Waals surface area contributed by atoms with E-state index in [1.54, 1.807) is 0 Å². The number of nitrogen functional groups attached to an aromatic ring is 1. The lowest BCUT2D eigenvalue weighted by Gasteiger charge is -2.36. The van der Waals surface area contributed by atoms with Gasteiger partial charge in [-0.3, -0.25) is 9.69 Å². The minimum atomic E-state index is -4.74. The first kappa shape index (κ1) is 16.2. The Morgan fingerprint density at radius 1 is 1.23 bits per heavy atom. The molecule has 1 aliphatic heterocycles. The summed E-state index contributed by atoms with van der Waals surface area (Å²) in [4.78, 5) is 14.7. The van der Waals surface area contributed by atoms with Crippen molar-refractivity contribution in [1.29, 1.82) is 0 Å². The number of benzene rings is 1. The summed E-state index contributed by atoms with van der Waals surface area (Å²) in [7, 11) is 0. The zero-order chi connectivity index (χ0) is 16.3. The molecule has 0 unspecified atom stereocenters. The lowest BCUT2D eigenvalue weighted by atomic mass is 10.2. The fourth-order valence-electron chi connectivity index (χ4n) is 2.38. The normalized spacial score (nSPS) is 16.6. The second-order valence-corrected chi connectivity index (χ2v) is 5.00. The molecule has 0 bridgehead atoms. The van der Waals surface area contributed by atoms with Crippen LogP contribution in [0.25, 0.3) is 0 Å². The van der Waals surface area contributed by atoms with E-state index in [2.05, 4.69) is 4.74 Å². The number of carbonyl (C=O) groups is 1. The third kappa shape index (κ3) is 4.42. The molecule has 1 aliphatic rings. The molecule has 1 saturated heterocycles. The van der Waals surface area contributed by atoms with Crippen LogP contribution in [0.2, 0.25) is 0 Å². The Bertz CT molecular complexity index is 543. The van der Waals surface area contributed by atoms with Crippen molar-refractivity contribution in [3.63, 3.8) is 0 Å². The van der Waals surface area contributed by atoms with Crippen molar-refractivity contribution in [2.24, 2.45) is 5.73 Å². The van der Waals surface area contributed by atoms with E-state index in [0.29, 0.717) is 31.9 Å². The van der Waals surface area contributed by atoms with E-state index < -0.39 is 6.36 Å². The molecule has 1 heterocycles. The monoisotopic (exact) mass is 318 g/mol. The van der Waals surface area contributed by atoms with Gasteiger partial charge in [0, 0.05) is 32.2 Å². The lowest BCUT2D eigenvalue weighted by Crippen LogP contribution is -2.49. The molecule has 122 valence electrons. The van der Waals surface area contributed by atoms with Crippen molar-refractivity contribution in [3.05, 3.63) is 18.2 Å². The molecule has 0 radical (unpaired) electrons. The quantitative estimate of drug-likeness (QED) is 0.801. The third-order valence-electron chi connectivity index (χ3n) is 3.32. The summed E-state index contributed by atoms with van der Waals surface area (Å²) in [5, 5.41) is 0. The van der Waals surface area contributed by atoms with E-state index in [1.165, 1.54) is 12.1 Å². The number of alkyl halides is 3. The smallest absolute Gasteiger partial charge is 0.406 e. The Hall–Kier alpha value is -2.16. The zero-order valence-corrected chi connectivity index (χ0v) is 11.8. The molecule has 1 amide bonds. The number of hydrogen-bond donors (Lipinski definition) is 2. The second-order valence-electron chi connectivity index (χ2n) is 5.00. The number of nitrogens with two attached hydrogens (primary N) is 2. The second kappa shape index (κ2) is 6.30. The molecule has 0 aliphatic carbocycles. The standard InChI is InChI=1S/C13H17F3N4O2/c14-13(15,16)22-9-1-2-11(10(17)7-9)20-5-3-19(4-6-20)8-12(18)21/h1-2,7H,3-6,8,17H2,(H2,18,21). The molecule has 2 rings (SSSR count). The zero-order valence-electron chi connectivity index (χ0n) is 11.8. The molecule has 0 saturated carbocycles. The first-order valence-electron chi connectivity index (χ1n) is 6.65. The number of halogens is 3. The summed E-state index contributed by atoms with van der Waals surface area (Å²) in [5.41, 5.74) is 11.8. The number of anilines is 2. The van der Waals surface area contributed by atoms with Gasteiger partial charge < -0.3 is 21.1 Å². The first-order chi connectivity index (χ1) is 10.2. The highest BCUT2D eigenvalue weighted by molar-refractivity contribution is 5.76. The van der Waals surface area contributed by atoms with Gasteiger partial charge in [0.15, 0.2) is 0 Å². The highest BCUT2D eigenvalue weighted by atomic mass is 19.4. The minimum absolute atomic E-state index is 0.196. The number of hydrogen-bond acceptors (Lipinski definition) is 5. The maximum Gasteiger partial charge on any atom is 0.573 e. The van der Waals surface area contributed by atoms with Crippen LogP contribution >= 0.6 is 0 Å². The molecule has 22 heavy (non-hydrogen) atoms. The van der Waals surface area contributed by atoms with Crippen LogP contribution in [0.5, 0.6) is 5.75 Å². The molecule has 1 aromatic rings. The number of carbonyl (C=O) groups excluding carboxylic acids is 1. The highest BCUT2D eigenvalue weighted by Gasteiger charge is 2.31. The molecule has 0 spiro atoms. The Morgan fingerprint density at radius 3 is 2.36 bits per heavy atom. The number of amides is 1. The topological polar surface area (TPSA) is 84.8 Å². The van der Waals surface area contributed by atoms with E-state index in [1.807, 2.05) is 9.80 Å². The minimum Gasteiger partial charge on any atom is -0.406 e. The molecule has 0 atom stereocenters. The molecular formula is C13H17F3N4O2. The number of primary amides is 1. The van der Waals surface area contributed by atoms with Gasteiger partial charge in [0.2, 0.25) is 5.91 Å². The lowest BCUT2D eigenvalue weighted by molar-refractivity contribution is -0.274. The maximum absolute atomic E-state index is 12.2. The van der Waals surface area contributed by atoms with Gasteiger partial charge in [-0.25, -0.2) is 0 Å². The molecule has 0 aromatic heterocycles.